The summed E-state index contributed by atoms with van der Waals surface area (Å²) in [5.41, 5.74) is 0.743. The zero-order valence-corrected chi connectivity index (χ0v) is 14.1. The molecule has 2 heteroatoms. The second-order valence-electron chi connectivity index (χ2n) is 7.61. The van der Waals surface area contributed by atoms with Gasteiger partial charge in [0.25, 0.3) is 0 Å². The van der Waals surface area contributed by atoms with Crippen molar-refractivity contribution < 1.29 is 0 Å². The highest BCUT2D eigenvalue weighted by molar-refractivity contribution is 4.91. The van der Waals surface area contributed by atoms with E-state index in [-0.39, 0.29) is 0 Å². The molecular formula is C18H36N2. The summed E-state index contributed by atoms with van der Waals surface area (Å²) in [7, 11) is 0. The van der Waals surface area contributed by atoms with Crippen LogP contribution in [0.4, 0.5) is 0 Å². The molecule has 0 radical (unpaired) electrons. The van der Waals surface area contributed by atoms with Crippen molar-refractivity contribution in [3.05, 3.63) is 0 Å². The molecule has 20 heavy (non-hydrogen) atoms. The molecule has 1 saturated heterocycles. The lowest BCUT2D eigenvalue weighted by molar-refractivity contribution is 0.0330. The third-order valence-corrected chi connectivity index (χ3v) is 5.79. The van der Waals surface area contributed by atoms with Crippen LogP contribution in [-0.4, -0.2) is 37.1 Å². The average Bonchev–Trinajstić information content (AvgIpc) is 2.46. The van der Waals surface area contributed by atoms with Crippen molar-refractivity contribution in [2.24, 2.45) is 11.3 Å². The van der Waals surface area contributed by atoms with Gasteiger partial charge in [-0.3, -0.25) is 4.90 Å². The Kier molecular flexibility index (Phi) is 6.35. The molecule has 1 N–H and O–H groups in total. The maximum atomic E-state index is 3.64. The number of piperidine rings is 1. The molecule has 0 amide bonds. The molecule has 2 nitrogen and oxygen atoms in total. The van der Waals surface area contributed by atoms with E-state index in [0.717, 1.165) is 17.4 Å². The number of hydrogen-bond acceptors (Lipinski definition) is 2. The van der Waals surface area contributed by atoms with E-state index in [1.54, 1.807) is 0 Å². The molecule has 0 bridgehead atoms. The molecule has 2 fully saturated rings. The van der Waals surface area contributed by atoms with Crippen LogP contribution in [-0.2, 0) is 0 Å². The molecule has 0 aromatic carbocycles. The summed E-state index contributed by atoms with van der Waals surface area (Å²) in [4.78, 5) is 2.78. The highest BCUT2D eigenvalue weighted by Crippen LogP contribution is 2.44. The fourth-order valence-electron chi connectivity index (χ4n) is 4.34. The molecule has 118 valence electrons. The summed E-state index contributed by atoms with van der Waals surface area (Å²) in [5, 5.41) is 3.64. The van der Waals surface area contributed by atoms with Crippen molar-refractivity contribution in [1.82, 2.24) is 10.2 Å². The first-order chi connectivity index (χ1) is 9.67. The standard InChI is InChI=1S/C18H36N2/c1-4-12-19-15-17(16(2)3)20-13-10-18(11-14-20)8-6-5-7-9-18/h16-17,19H,4-15H2,1-3H3. The third-order valence-electron chi connectivity index (χ3n) is 5.79. The van der Waals surface area contributed by atoms with E-state index in [4.69, 9.17) is 0 Å². The second kappa shape index (κ2) is 7.79. The van der Waals surface area contributed by atoms with Crippen LogP contribution >= 0.6 is 0 Å². The van der Waals surface area contributed by atoms with Crippen LogP contribution in [0, 0.1) is 11.3 Å². The minimum atomic E-state index is 0.738. The van der Waals surface area contributed by atoms with Crippen molar-refractivity contribution in [2.45, 2.75) is 78.2 Å². The maximum Gasteiger partial charge on any atom is 0.0243 e. The molecule has 1 aliphatic heterocycles. The van der Waals surface area contributed by atoms with Crippen molar-refractivity contribution in [2.75, 3.05) is 26.2 Å². The van der Waals surface area contributed by atoms with Gasteiger partial charge in [0, 0.05) is 12.6 Å². The highest BCUT2D eigenvalue weighted by Gasteiger charge is 2.37. The van der Waals surface area contributed by atoms with Gasteiger partial charge in [-0.1, -0.05) is 40.0 Å². The quantitative estimate of drug-likeness (QED) is 0.738. The fourth-order valence-corrected chi connectivity index (χ4v) is 4.34. The minimum absolute atomic E-state index is 0.738. The van der Waals surface area contributed by atoms with E-state index in [9.17, 15) is 0 Å². The topological polar surface area (TPSA) is 15.3 Å². The second-order valence-corrected chi connectivity index (χ2v) is 7.61. The molecule has 1 saturated carbocycles. The number of hydrogen-bond donors (Lipinski definition) is 1. The van der Waals surface area contributed by atoms with Gasteiger partial charge in [0.05, 0.1) is 0 Å². The molecule has 1 heterocycles. The number of likely N-dealkylation sites (tertiary alicyclic amines) is 1. The van der Waals surface area contributed by atoms with E-state index >= 15 is 0 Å². The van der Waals surface area contributed by atoms with E-state index in [1.165, 1.54) is 77.5 Å². The van der Waals surface area contributed by atoms with Crippen LogP contribution in [0.25, 0.3) is 0 Å². The molecule has 2 rings (SSSR count). The first-order valence-electron chi connectivity index (χ1n) is 9.12. The van der Waals surface area contributed by atoms with Crippen molar-refractivity contribution in [3.63, 3.8) is 0 Å². The molecular weight excluding hydrogens is 244 g/mol. The Morgan fingerprint density at radius 2 is 1.65 bits per heavy atom. The molecule has 2 aliphatic rings. The minimum Gasteiger partial charge on any atom is -0.315 e. The monoisotopic (exact) mass is 280 g/mol. The summed E-state index contributed by atoms with van der Waals surface area (Å²) >= 11 is 0. The van der Waals surface area contributed by atoms with Gasteiger partial charge in [0.2, 0.25) is 0 Å². The molecule has 1 atom stereocenters. The van der Waals surface area contributed by atoms with Crippen molar-refractivity contribution in [1.29, 1.82) is 0 Å². The van der Waals surface area contributed by atoms with Crippen LogP contribution in [0.15, 0.2) is 0 Å². The lowest BCUT2D eigenvalue weighted by Gasteiger charge is -2.47. The molecule has 1 spiro atoms. The maximum absolute atomic E-state index is 3.64. The predicted molar refractivity (Wildman–Crippen MR) is 88.1 cm³/mol. The molecule has 0 aromatic heterocycles. The third kappa shape index (κ3) is 4.21. The Morgan fingerprint density at radius 1 is 1.00 bits per heavy atom. The van der Waals surface area contributed by atoms with Crippen molar-refractivity contribution >= 4 is 0 Å². The zero-order chi connectivity index (χ0) is 14.4. The Bertz CT molecular complexity index is 259. The van der Waals surface area contributed by atoms with E-state index in [1.807, 2.05) is 0 Å². The Labute approximate surface area is 126 Å². The lowest BCUT2D eigenvalue weighted by atomic mass is 9.68. The van der Waals surface area contributed by atoms with E-state index in [2.05, 4.69) is 31.0 Å². The largest absolute Gasteiger partial charge is 0.315 e. The summed E-state index contributed by atoms with van der Waals surface area (Å²) < 4.78 is 0. The van der Waals surface area contributed by atoms with Gasteiger partial charge < -0.3 is 5.32 Å². The van der Waals surface area contributed by atoms with Gasteiger partial charge >= 0.3 is 0 Å². The summed E-state index contributed by atoms with van der Waals surface area (Å²) in [6.45, 7) is 12.1. The average molecular weight is 280 g/mol. The highest BCUT2D eigenvalue weighted by atomic mass is 15.2. The number of nitrogens with one attached hydrogen (secondary N) is 1. The zero-order valence-electron chi connectivity index (χ0n) is 14.1. The van der Waals surface area contributed by atoms with Crippen molar-refractivity contribution in [3.8, 4) is 0 Å². The Hall–Kier alpha value is -0.0800. The summed E-state index contributed by atoms with van der Waals surface area (Å²) in [6.07, 6.45) is 11.7. The van der Waals surface area contributed by atoms with Gasteiger partial charge in [-0.2, -0.15) is 0 Å². The number of rotatable bonds is 6. The normalized spacial score (nSPS) is 25.2. The van der Waals surface area contributed by atoms with Gasteiger partial charge in [-0.25, -0.2) is 0 Å². The SMILES string of the molecule is CCCNCC(C(C)C)N1CCC2(CCCCC2)CC1. The summed E-state index contributed by atoms with van der Waals surface area (Å²) in [5.74, 6) is 0.764. The smallest absolute Gasteiger partial charge is 0.0243 e. The van der Waals surface area contributed by atoms with Gasteiger partial charge in [-0.05, 0) is 63.1 Å². The Balaban J connectivity index is 1.83. The van der Waals surface area contributed by atoms with Crippen LogP contribution < -0.4 is 5.32 Å². The van der Waals surface area contributed by atoms with E-state index < -0.39 is 0 Å². The lowest BCUT2D eigenvalue weighted by Crippen LogP contribution is -2.51. The number of nitrogens with zero attached hydrogens (tertiary/aromatic N) is 1. The first kappa shape index (κ1) is 16.3. The molecule has 1 unspecified atom stereocenters. The van der Waals surface area contributed by atoms with Gasteiger partial charge in [-0.15, -0.1) is 0 Å². The molecule has 1 aliphatic carbocycles. The van der Waals surface area contributed by atoms with Crippen LogP contribution in [0.5, 0.6) is 0 Å². The van der Waals surface area contributed by atoms with Gasteiger partial charge in [0.1, 0.15) is 0 Å². The molecule has 0 aromatic rings. The van der Waals surface area contributed by atoms with Crippen LogP contribution in [0.1, 0.15) is 72.1 Å². The summed E-state index contributed by atoms with van der Waals surface area (Å²) in [6, 6.07) is 0.738. The van der Waals surface area contributed by atoms with Crippen LogP contribution in [0.3, 0.4) is 0 Å². The van der Waals surface area contributed by atoms with E-state index in [0.29, 0.717) is 0 Å². The van der Waals surface area contributed by atoms with Gasteiger partial charge in [0.15, 0.2) is 0 Å². The first-order valence-corrected chi connectivity index (χ1v) is 9.12. The van der Waals surface area contributed by atoms with Crippen LogP contribution in [0.2, 0.25) is 0 Å². The fraction of sp³-hybridized carbons (Fsp3) is 1.00. The predicted octanol–water partition coefficient (Wildman–Crippen LogP) is 4.06. The Morgan fingerprint density at radius 3 is 2.20 bits per heavy atom.